The number of hydrogen-bond donors (Lipinski definition) is 1. The number of rotatable bonds is 1. The molecule has 3 aromatic heterocycles. The van der Waals surface area contributed by atoms with Crippen molar-refractivity contribution in [1.82, 2.24) is 29.5 Å². The molecule has 0 atom stereocenters. The van der Waals surface area contributed by atoms with Gasteiger partial charge in [0.15, 0.2) is 0 Å². The number of aromatic nitrogens is 6. The number of halogens is 5. The SMILES string of the molecule is FC(F)(F)c1nc(-c2nc3ncc(Br)cn3c2I)n[nH]1. The Labute approximate surface area is 131 Å². The summed E-state index contributed by atoms with van der Waals surface area (Å²) in [7, 11) is 0. The molecule has 0 unspecified atom stereocenters. The maximum atomic E-state index is 12.5. The molecule has 0 spiro atoms. The number of nitrogens with zero attached hydrogens (tertiary/aromatic N) is 5. The summed E-state index contributed by atoms with van der Waals surface area (Å²) in [5, 5.41) is 5.41. The molecule has 0 aliphatic rings. The molecule has 11 heteroatoms. The fraction of sp³-hybridized carbons (Fsp3) is 0.111. The zero-order valence-electron chi connectivity index (χ0n) is 9.28. The van der Waals surface area contributed by atoms with Crippen LogP contribution in [0, 0.1) is 3.70 Å². The highest BCUT2D eigenvalue weighted by molar-refractivity contribution is 14.1. The van der Waals surface area contributed by atoms with E-state index in [0.29, 0.717) is 9.48 Å². The van der Waals surface area contributed by atoms with Gasteiger partial charge in [-0.2, -0.15) is 18.3 Å². The molecule has 0 amide bonds. The number of alkyl halides is 3. The van der Waals surface area contributed by atoms with E-state index in [0.717, 1.165) is 4.47 Å². The van der Waals surface area contributed by atoms with Crippen molar-refractivity contribution in [3.05, 3.63) is 26.4 Å². The molecule has 3 aromatic rings. The Balaban J connectivity index is 2.15. The van der Waals surface area contributed by atoms with Crippen molar-refractivity contribution in [1.29, 1.82) is 0 Å². The predicted octanol–water partition coefficient (Wildman–Crippen LogP) is 2.90. The third-order valence-corrected chi connectivity index (χ3v) is 3.80. The summed E-state index contributed by atoms with van der Waals surface area (Å²) in [6.45, 7) is 0. The van der Waals surface area contributed by atoms with Gasteiger partial charge in [0.1, 0.15) is 9.39 Å². The lowest BCUT2D eigenvalue weighted by molar-refractivity contribution is -0.144. The van der Waals surface area contributed by atoms with Crippen LogP contribution in [0.2, 0.25) is 0 Å². The van der Waals surface area contributed by atoms with Crippen LogP contribution in [0.1, 0.15) is 5.82 Å². The molecule has 3 rings (SSSR count). The Morgan fingerprint density at radius 2 is 2.05 bits per heavy atom. The molecule has 104 valence electrons. The number of imidazole rings is 1. The minimum atomic E-state index is -4.57. The highest BCUT2D eigenvalue weighted by Crippen LogP contribution is 2.29. The maximum Gasteiger partial charge on any atom is 0.451 e. The normalized spacial score (nSPS) is 12.2. The minimum absolute atomic E-state index is 0.122. The van der Waals surface area contributed by atoms with E-state index in [1.165, 1.54) is 0 Å². The van der Waals surface area contributed by atoms with E-state index in [1.807, 2.05) is 27.7 Å². The van der Waals surface area contributed by atoms with Gasteiger partial charge in [0, 0.05) is 12.4 Å². The van der Waals surface area contributed by atoms with Crippen molar-refractivity contribution in [3.8, 4) is 11.5 Å². The molecule has 20 heavy (non-hydrogen) atoms. The van der Waals surface area contributed by atoms with E-state index >= 15 is 0 Å². The van der Waals surface area contributed by atoms with E-state index < -0.39 is 12.0 Å². The van der Waals surface area contributed by atoms with Crippen molar-refractivity contribution in [2.75, 3.05) is 0 Å². The third kappa shape index (κ3) is 2.28. The van der Waals surface area contributed by atoms with Crippen LogP contribution in [-0.4, -0.2) is 29.5 Å². The van der Waals surface area contributed by atoms with Crippen molar-refractivity contribution in [3.63, 3.8) is 0 Å². The number of H-pyrrole nitrogens is 1. The Hall–Kier alpha value is -1.24. The minimum Gasteiger partial charge on any atom is -0.277 e. The van der Waals surface area contributed by atoms with Crippen molar-refractivity contribution in [2.45, 2.75) is 6.18 Å². The van der Waals surface area contributed by atoms with Gasteiger partial charge in [-0.15, -0.1) is 0 Å². The maximum absolute atomic E-state index is 12.5. The number of fused-ring (bicyclic) bond motifs is 1. The molecule has 0 aliphatic carbocycles. The lowest BCUT2D eigenvalue weighted by Gasteiger charge is -1.98. The van der Waals surface area contributed by atoms with Gasteiger partial charge < -0.3 is 0 Å². The first-order valence-corrected chi connectivity index (χ1v) is 6.92. The first-order valence-electron chi connectivity index (χ1n) is 5.05. The molecule has 0 bridgehead atoms. The van der Waals surface area contributed by atoms with Gasteiger partial charge in [0.2, 0.25) is 17.4 Å². The Bertz CT molecular complexity index is 795. The average Bonchev–Trinajstić information content (AvgIpc) is 2.95. The van der Waals surface area contributed by atoms with Crippen LogP contribution in [0.5, 0.6) is 0 Å². The van der Waals surface area contributed by atoms with Gasteiger partial charge in [-0.3, -0.25) is 9.50 Å². The van der Waals surface area contributed by atoms with Gasteiger partial charge in [-0.25, -0.2) is 15.0 Å². The van der Waals surface area contributed by atoms with Crippen molar-refractivity contribution < 1.29 is 13.2 Å². The van der Waals surface area contributed by atoms with Gasteiger partial charge in [0.05, 0.1) is 4.47 Å². The number of nitrogens with one attached hydrogen (secondary N) is 1. The summed E-state index contributed by atoms with van der Waals surface area (Å²) in [6.07, 6.45) is -1.32. The summed E-state index contributed by atoms with van der Waals surface area (Å²) in [5.41, 5.74) is 0.239. The van der Waals surface area contributed by atoms with Crippen LogP contribution >= 0.6 is 38.5 Å². The van der Waals surface area contributed by atoms with Gasteiger partial charge >= 0.3 is 6.18 Å². The van der Waals surface area contributed by atoms with E-state index in [-0.39, 0.29) is 11.5 Å². The summed E-state index contributed by atoms with van der Waals surface area (Å²) in [4.78, 5) is 11.6. The molecule has 0 radical (unpaired) electrons. The monoisotopic (exact) mass is 458 g/mol. The second-order valence-electron chi connectivity index (χ2n) is 3.70. The molecule has 3 heterocycles. The van der Waals surface area contributed by atoms with Gasteiger partial charge in [-0.1, -0.05) is 0 Å². The van der Waals surface area contributed by atoms with E-state index in [4.69, 9.17) is 0 Å². The Morgan fingerprint density at radius 3 is 2.70 bits per heavy atom. The largest absolute Gasteiger partial charge is 0.451 e. The predicted molar refractivity (Wildman–Crippen MR) is 73.8 cm³/mol. The van der Waals surface area contributed by atoms with Crippen LogP contribution in [0.25, 0.3) is 17.3 Å². The zero-order valence-corrected chi connectivity index (χ0v) is 13.0. The molecule has 0 aromatic carbocycles. The van der Waals surface area contributed by atoms with Crippen molar-refractivity contribution in [2.24, 2.45) is 0 Å². The molecular formula is C9H3BrF3IN6. The first-order chi connectivity index (χ1) is 9.36. The van der Waals surface area contributed by atoms with Crippen LogP contribution < -0.4 is 0 Å². The zero-order chi connectivity index (χ0) is 14.5. The third-order valence-electron chi connectivity index (χ3n) is 2.36. The highest BCUT2D eigenvalue weighted by Gasteiger charge is 2.35. The number of hydrogen-bond acceptors (Lipinski definition) is 4. The standard InChI is InChI=1S/C9H3BrF3IN6/c10-3-1-15-8-16-4(5(14)20(8)2-3)6-17-7(19-18-6)9(11,12)13/h1-2H,(H,17,18,19). The fourth-order valence-corrected chi connectivity index (χ4v) is 2.54. The highest BCUT2D eigenvalue weighted by atomic mass is 127. The molecule has 0 aliphatic heterocycles. The molecule has 0 fully saturated rings. The lowest BCUT2D eigenvalue weighted by atomic mass is 10.4. The van der Waals surface area contributed by atoms with Crippen LogP contribution in [-0.2, 0) is 6.18 Å². The average molecular weight is 459 g/mol. The molecule has 0 saturated carbocycles. The quantitative estimate of drug-likeness (QED) is 0.569. The molecule has 1 N–H and O–H groups in total. The second kappa shape index (κ2) is 4.65. The second-order valence-corrected chi connectivity index (χ2v) is 5.64. The van der Waals surface area contributed by atoms with Gasteiger partial charge in [-0.05, 0) is 38.5 Å². The first kappa shape index (κ1) is 13.7. The van der Waals surface area contributed by atoms with E-state index in [1.54, 1.807) is 16.8 Å². The Kier molecular flexibility index (Phi) is 3.19. The lowest BCUT2D eigenvalue weighted by Crippen LogP contribution is -2.07. The van der Waals surface area contributed by atoms with Crippen LogP contribution in [0.15, 0.2) is 16.9 Å². The molecule has 6 nitrogen and oxygen atoms in total. The number of aromatic amines is 1. The van der Waals surface area contributed by atoms with Crippen LogP contribution in [0.4, 0.5) is 13.2 Å². The molecule has 0 saturated heterocycles. The summed E-state index contributed by atoms with van der Waals surface area (Å²) in [5.74, 6) is -0.927. The van der Waals surface area contributed by atoms with Crippen molar-refractivity contribution >= 4 is 44.3 Å². The molecular weight excluding hydrogens is 456 g/mol. The summed E-state index contributed by atoms with van der Waals surface area (Å²) in [6, 6.07) is 0. The van der Waals surface area contributed by atoms with Gasteiger partial charge in [0.25, 0.3) is 0 Å². The topological polar surface area (TPSA) is 71.8 Å². The fourth-order valence-electron chi connectivity index (χ4n) is 1.52. The van der Waals surface area contributed by atoms with E-state index in [2.05, 4.69) is 36.0 Å². The van der Waals surface area contributed by atoms with Crippen LogP contribution in [0.3, 0.4) is 0 Å². The summed E-state index contributed by atoms with van der Waals surface area (Å²) < 4.78 is 40.4. The smallest absolute Gasteiger partial charge is 0.277 e. The Morgan fingerprint density at radius 1 is 1.30 bits per heavy atom. The van der Waals surface area contributed by atoms with E-state index in [9.17, 15) is 13.2 Å². The summed E-state index contributed by atoms with van der Waals surface area (Å²) >= 11 is 5.21.